The SMILES string of the molecule is CCN(CC(=O)Nc1cc(C)ccc1C)CC(=O)Nc1ccccc1OC. The van der Waals surface area contributed by atoms with E-state index in [0.29, 0.717) is 18.0 Å². The van der Waals surface area contributed by atoms with Crippen LogP contribution in [0.2, 0.25) is 0 Å². The number of nitrogens with zero attached hydrogens (tertiary/aromatic N) is 1. The first-order valence-corrected chi connectivity index (χ1v) is 8.95. The Labute approximate surface area is 160 Å². The van der Waals surface area contributed by atoms with Gasteiger partial charge in [0.15, 0.2) is 0 Å². The molecule has 0 unspecified atom stereocenters. The summed E-state index contributed by atoms with van der Waals surface area (Å²) in [5.74, 6) is 0.262. The maximum Gasteiger partial charge on any atom is 0.238 e. The van der Waals surface area contributed by atoms with Crippen molar-refractivity contribution in [2.24, 2.45) is 0 Å². The fourth-order valence-corrected chi connectivity index (χ4v) is 2.68. The number of methoxy groups -OCH3 is 1. The van der Waals surface area contributed by atoms with Crippen LogP contribution >= 0.6 is 0 Å². The second-order valence-corrected chi connectivity index (χ2v) is 6.42. The van der Waals surface area contributed by atoms with Crippen LogP contribution in [0.4, 0.5) is 11.4 Å². The summed E-state index contributed by atoms with van der Waals surface area (Å²) in [6.07, 6.45) is 0. The van der Waals surface area contributed by atoms with Gasteiger partial charge in [0.05, 0.1) is 25.9 Å². The van der Waals surface area contributed by atoms with E-state index in [2.05, 4.69) is 10.6 Å². The monoisotopic (exact) mass is 369 g/mol. The Morgan fingerprint density at radius 1 is 0.963 bits per heavy atom. The van der Waals surface area contributed by atoms with Crippen molar-refractivity contribution in [3.05, 3.63) is 53.6 Å². The maximum atomic E-state index is 12.4. The Hall–Kier alpha value is -2.86. The van der Waals surface area contributed by atoms with Crippen LogP contribution in [-0.4, -0.2) is 43.5 Å². The number of ether oxygens (including phenoxy) is 1. The molecule has 144 valence electrons. The van der Waals surface area contributed by atoms with E-state index in [0.717, 1.165) is 16.8 Å². The molecule has 2 N–H and O–H groups in total. The number of carbonyl (C=O) groups is 2. The molecule has 2 aromatic carbocycles. The average molecular weight is 369 g/mol. The molecule has 0 saturated carbocycles. The quantitative estimate of drug-likeness (QED) is 0.750. The number of anilines is 2. The lowest BCUT2D eigenvalue weighted by Crippen LogP contribution is -2.38. The zero-order valence-electron chi connectivity index (χ0n) is 16.3. The van der Waals surface area contributed by atoms with Crippen LogP contribution in [0.25, 0.3) is 0 Å². The number of nitrogens with one attached hydrogen (secondary N) is 2. The molecule has 6 nitrogen and oxygen atoms in total. The molecule has 0 fully saturated rings. The number of amides is 2. The Morgan fingerprint density at radius 3 is 2.22 bits per heavy atom. The van der Waals surface area contributed by atoms with Crippen LogP contribution in [0, 0.1) is 13.8 Å². The van der Waals surface area contributed by atoms with E-state index >= 15 is 0 Å². The molecular weight excluding hydrogens is 342 g/mol. The third-order valence-electron chi connectivity index (χ3n) is 4.23. The second-order valence-electron chi connectivity index (χ2n) is 6.42. The van der Waals surface area contributed by atoms with Crippen molar-refractivity contribution in [3.63, 3.8) is 0 Å². The molecule has 0 heterocycles. The lowest BCUT2D eigenvalue weighted by Gasteiger charge is -2.20. The van der Waals surface area contributed by atoms with E-state index in [-0.39, 0.29) is 24.9 Å². The number of benzene rings is 2. The number of hydrogen-bond acceptors (Lipinski definition) is 4. The predicted molar refractivity (Wildman–Crippen MR) is 108 cm³/mol. The van der Waals surface area contributed by atoms with Gasteiger partial charge in [0.1, 0.15) is 5.75 Å². The summed E-state index contributed by atoms with van der Waals surface area (Å²) in [6.45, 7) is 6.70. The average Bonchev–Trinajstić information content (AvgIpc) is 2.64. The largest absolute Gasteiger partial charge is 0.495 e. The summed E-state index contributed by atoms with van der Waals surface area (Å²) in [5.41, 5.74) is 3.50. The van der Waals surface area contributed by atoms with Crippen molar-refractivity contribution < 1.29 is 14.3 Å². The fourth-order valence-electron chi connectivity index (χ4n) is 2.68. The zero-order valence-corrected chi connectivity index (χ0v) is 16.3. The molecule has 0 aliphatic carbocycles. The third-order valence-corrected chi connectivity index (χ3v) is 4.23. The van der Waals surface area contributed by atoms with E-state index in [1.165, 1.54) is 0 Å². The Bertz CT molecular complexity index is 805. The van der Waals surface area contributed by atoms with Crippen molar-refractivity contribution in [2.75, 3.05) is 37.4 Å². The van der Waals surface area contributed by atoms with Gasteiger partial charge in [-0.25, -0.2) is 0 Å². The van der Waals surface area contributed by atoms with Gasteiger partial charge in [0.25, 0.3) is 0 Å². The number of para-hydroxylation sites is 2. The first-order chi connectivity index (χ1) is 12.9. The smallest absolute Gasteiger partial charge is 0.238 e. The number of hydrogen-bond donors (Lipinski definition) is 2. The van der Waals surface area contributed by atoms with Crippen LogP contribution in [0.15, 0.2) is 42.5 Å². The summed E-state index contributed by atoms with van der Waals surface area (Å²) < 4.78 is 5.24. The van der Waals surface area contributed by atoms with Gasteiger partial charge < -0.3 is 15.4 Å². The van der Waals surface area contributed by atoms with E-state index in [9.17, 15) is 9.59 Å². The normalized spacial score (nSPS) is 10.6. The summed E-state index contributed by atoms with van der Waals surface area (Å²) in [4.78, 5) is 26.5. The predicted octanol–water partition coefficient (Wildman–Crippen LogP) is 3.21. The van der Waals surface area contributed by atoms with Crippen LogP contribution < -0.4 is 15.4 Å². The van der Waals surface area contributed by atoms with Gasteiger partial charge in [-0.15, -0.1) is 0 Å². The molecule has 2 amide bonds. The molecule has 6 heteroatoms. The molecule has 2 aromatic rings. The highest BCUT2D eigenvalue weighted by Crippen LogP contribution is 2.22. The number of rotatable bonds is 8. The van der Waals surface area contributed by atoms with Crippen LogP contribution in [0.1, 0.15) is 18.1 Å². The first kappa shape index (κ1) is 20.5. The van der Waals surface area contributed by atoms with Gasteiger partial charge in [-0.1, -0.05) is 31.2 Å². The van der Waals surface area contributed by atoms with Crippen molar-refractivity contribution in [3.8, 4) is 5.75 Å². The highest BCUT2D eigenvalue weighted by Gasteiger charge is 2.15. The van der Waals surface area contributed by atoms with Crippen LogP contribution in [0.5, 0.6) is 5.75 Å². The third kappa shape index (κ3) is 6.11. The molecular formula is C21H27N3O3. The highest BCUT2D eigenvalue weighted by atomic mass is 16.5. The summed E-state index contributed by atoms with van der Waals surface area (Å²) in [5, 5.41) is 5.75. The molecule has 2 rings (SSSR count). The summed E-state index contributed by atoms with van der Waals surface area (Å²) >= 11 is 0. The number of carbonyl (C=O) groups excluding carboxylic acids is 2. The minimum atomic E-state index is -0.194. The second kappa shape index (κ2) is 9.73. The van der Waals surface area contributed by atoms with Crippen molar-refractivity contribution >= 4 is 23.2 Å². The standard InChI is InChI=1S/C21H27N3O3/c1-5-24(13-20(25)22-17-8-6-7-9-19(17)27-4)14-21(26)23-18-12-15(2)10-11-16(18)3/h6-12H,5,13-14H2,1-4H3,(H,22,25)(H,23,26). The molecule has 0 radical (unpaired) electrons. The van der Waals surface area contributed by atoms with Gasteiger partial charge in [0.2, 0.25) is 11.8 Å². The maximum absolute atomic E-state index is 12.4. The van der Waals surface area contributed by atoms with Gasteiger partial charge in [-0.3, -0.25) is 14.5 Å². The van der Waals surface area contributed by atoms with E-state index < -0.39 is 0 Å². The lowest BCUT2D eigenvalue weighted by atomic mass is 10.1. The minimum Gasteiger partial charge on any atom is -0.495 e. The van der Waals surface area contributed by atoms with Crippen LogP contribution in [-0.2, 0) is 9.59 Å². The fraction of sp³-hybridized carbons (Fsp3) is 0.333. The molecule has 0 saturated heterocycles. The molecule has 0 aliphatic rings. The highest BCUT2D eigenvalue weighted by molar-refractivity contribution is 5.95. The topological polar surface area (TPSA) is 70.7 Å². The molecule has 0 bridgehead atoms. The van der Waals surface area contributed by atoms with Gasteiger partial charge >= 0.3 is 0 Å². The molecule has 0 spiro atoms. The molecule has 0 aromatic heterocycles. The van der Waals surface area contributed by atoms with E-state index in [4.69, 9.17) is 4.74 Å². The molecule has 0 atom stereocenters. The van der Waals surface area contributed by atoms with Crippen molar-refractivity contribution in [2.45, 2.75) is 20.8 Å². The van der Waals surface area contributed by atoms with Gasteiger partial charge in [-0.05, 0) is 49.7 Å². The lowest BCUT2D eigenvalue weighted by molar-refractivity contribution is -0.119. The minimum absolute atomic E-state index is 0.120. The van der Waals surface area contributed by atoms with E-state index in [1.807, 2.05) is 51.1 Å². The molecule has 27 heavy (non-hydrogen) atoms. The Kier molecular flexibility index (Phi) is 7.37. The van der Waals surface area contributed by atoms with E-state index in [1.54, 1.807) is 24.1 Å². The zero-order chi connectivity index (χ0) is 19.8. The molecule has 0 aliphatic heterocycles. The van der Waals surface area contributed by atoms with Gasteiger partial charge in [-0.2, -0.15) is 0 Å². The van der Waals surface area contributed by atoms with Crippen LogP contribution in [0.3, 0.4) is 0 Å². The first-order valence-electron chi connectivity index (χ1n) is 8.95. The Morgan fingerprint density at radius 2 is 1.59 bits per heavy atom. The van der Waals surface area contributed by atoms with Crippen molar-refractivity contribution in [1.82, 2.24) is 4.90 Å². The van der Waals surface area contributed by atoms with Crippen molar-refractivity contribution in [1.29, 1.82) is 0 Å². The number of likely N-dealkylation sites (N-methyl/N-ethyl adjacent to an activating group) is 1. The number of aryl methyl sites for hydroxylation is 2. The van der Waals surface area contributed by atoms with Gasteiger partial charge in [0, 0.05) is 5.69 Å². The summed E-state index contributed by atoms with van der Waals surface area (Å²) in [7, 11) is 1.56. The summed E-state index contributed by atoms with van der Waals surface area (Å²) in [6, 6.07) is 13.1. The Balaban J connectivity index is 1.93.